The van der Waals surface area contributed by atoms with Crippen molar-refractivity contribution < 1.29 is 4.79 Å². The Labute approximate surface area is 131 Å². The van der Waals surface area contributed by atoms with Gasteiger partial charge in [0.15, 0.2) is 0 Å². The summed E-state index contributed by atoms with van der Waals surface area (Å²) < 4.78 is 0. The highest BCUT2D eigenvalue weighted by atomic mass is 32.1. The fourth-order valence-electron chi connectivity index (χ4n) is 3.48. The van der Waals surface area contributed by atoms with Crippen molar-refractivity contribution in [1.29, 1.82) is 0 Å². The van der Waals surface area contributed by atoms with Crippen LogP contribution >= 0.6 is 11.3 Å². The number of piperidine rings is 2. The van der Waals surface area contributed by atoms with Gasteiger partial charge in [-0.15, -0.1) is 0 Å². The molecule has 3 heterocycles. The number of carbonyl (C=O) groups excluding carboxylic acids is 1. The van der Waals surface area contributed by atoms with Crippen molar-refractivity contribution in [1.82, 2.24) is 15.1 Å². The van der Waals surface area contributed by atoms with Gasteiger partial charge in [-0.05, 0) is 63.8 Å². The minimum absolute atomic E-state index is 0.0893. The number of nitrogens with one attached hydrogen (secondary N) is 1. The Hall–Kier alpha value is -0.910. The van der Waals surface area contributed by atoms with Gasteiger partial charge in [-0.2, -0.15) is 11.3 Å². The van der Waals surface area contributed by atoms with Crippen LogP contribution in [-0.4, -0.2) is 61.0 Å². The predicted molar refractivity (Wildman–Crippen MR) is 86.9 cm³/mol. The first-order chi connectivity index (χ1) is 10.2. The topological polar surface area (TPSA) is 35.6 Å². The van der Waals surface area contributed by atoms with Gasteiger partial charge < -0.3 is 10.2 Å². The maximum Gasteiger partial charge on any atom is 0.252 e. The Balaban J connectivity index is 1.52. The molecular formula is C16H25N3OS. The molecule has 0 aromatic carbocycles. The van der Waals surface area contributed by atoms with E-state index in [0.29, 0.717) is 12.1 Å². The van der Waals surface area contributed by atoms with Gasteiger partial charge >= 0.3 is 0 Å². The minimum atomic E-state index is 0.0893. The van der Waals surface area contributed by atoms with Crippen LogP contribution in [0.5, 0.6) is 0 Å². The third kappa shape index (κ3) is 3.84. The summed E-state index contributed by atoms with van der Waals surface area (Å²) in [6, 6.07) is 2.92. The molecule has 0 radical (unpaired) electrons. The second-order valence-corrected chi connectivity index (χ2v) is 7.13. The summed E-state index contributed by atoms with van der Waals surface area (Å²) in [6.45, 7) is 4.61. The van der Waals surface area contributed by atoms with Crippen molar-refractivity contribution in [3.8, 4) is 0 Å². The van der Waals surface area contributed by atoms with E-state index < -0.39 is 0 Å². The summed E-state index contributed by atoms with van der Waals surface area (Å²) in [5.41, 5.74) is 0.802. The summed E-state index contributed by atoms with van der Waals surface area (Å²) in [4.78, 5) is 17.2. The summed E-state index contributed by atoms with van der Waals surface area (Å²) in [7, 11) is 2.20. The number of carbonyl (C=O) groups is 1. The van der Waals surface area contributed by atoms with E-state index >= 15 is 0 Å². The Kier molecular flexibility index (Phi) is 4.93. The molecule has 0 saturated carbocycles. The van der Waals surface area contributed by atoms with Crippen LogP contribution in [0.3, 0.4) is 0 Å². The summed E-state index contributed by atoms with van der Waals surface area (Å²) >= 11 is 1.58. The number of amides is 1. The number of rotatable bonds is 3. The quantitative estimate of drug-likeness (QED) is 0.928. The maximum atomic E-state index is 12.2. The molecule has 2 fully saturated rings. The van der Waals surface area contributed by atoms with Gasteiger partial charge in [-0.1, -0.05) is 0 Å². The van der Waals surface area contributed by atoms with Gasteiger partial charge in [0.25, 0.3) is 5.91 Å². The molecule has 3 rings (SSSR count). The zero-order valence-corrected chi connectivity index (χ0v) is 13.6. The Morgan fingerprint density at radius 2 is 2.10 bits per heavy atom. The van der Waals surface area contributed by atoms with E-state index in [4.69, 9.17) is 0 Å². The average molecular weight is 307 g/mol. The van der Waals surface area contributed by atoms with Gasteiger partial charge in [0.05, 0.1) is 0 Å². The Bertz CT molecular complexity index is 454. The molecule has 0 aliphatic carbocycles. The first-order valence-electron chi connectivity index (χ1n) is 7.98. The highest BCUT2D eigenvalue weighted by Gasteiger charge is 2.28. The maximum absolute atomic E-state index is 12.2. The lowest BCUT2D eigenvalue weighted by Gasteiger charge is -2.41. The second-order valence-electron chi connectivity index (χ2n) is 6.35. The smallest absolute Gasteiger partial charge is 0.252 e. The Morgan fingerprint density at radius 3 is 2.81 bits per heavy atom. The van der Waals surface area contributed by atoms with E-state index in [1.807, 2.05) is 16.8 Å². The van der Waals surface area contributed by atoms with E-state index in [9.17, 15) is 4.79 Å². The van der Waals surface area contributed by atoms with Crippen LogP contribution in [0.4, 0.5) is 0 Å². The van der Waals surface area contributed by atoms with Crippen LogP contribution in [0.15, 0.2) is 16.8 Å². The molecule has 1 aromatic rings. The SMILES string of the molecule is CN1CCC(N2CCCC(NC(=O)c3ccsc3)C2)CC1. The zero-order chi connectivity index (χ0) is 14.7. The monoisotopic (exact) mass is 307 g/mol. The first kappa shape index (κ1) is 15.0. The van der Waals surface area contributed by atoms with Crippen LogP contribution < -0.4 is 5.32 Å². The molecule has 0 bridgehead atoms. The van der Waals surface area contributed by atoms with E-state index in [2.05, 4.69) is 22.2 Å². The third-order valence-electron chi connectivity index (χ3n) is 4.78. The molecular weight excluding hydrogens is 282 g/mol. The van der Waals surface area contributed by atoms with Crippen LogP contribution in [0.1, 0.15) is 36.0 Å². The second kappa shape index (κ2) is 6.90. The largest absolute Gasteiger partial charge is 0.348 e. The van der Waals surface area contributed by atoms with E-state index in [-0.39, 0.29) is 5.91 Å². The van der Waals surface area contributed by atoms with Gasteiger partial charge in [-0.3, -0.25) is 9.69 Å². The number of likely N-dealkylation sites (tertiary alicyclic amines) is 2. The van der Waals surface area contributed by atoms with Gasteiger partial charge in [-0.25, -0.2) is 0 Å². The van der Waals surface area contributed by atoms with Crippen molar-refractivity contribution >= 4 is 17.2 Å². The van der Waals surface area contributed by atoms with Crippen LogP contribution in [-0.2, 0) is 0 Å². The van der Waals surface area contributed by atoms with Crippen molar-refractivity contribution in [3.05, 3.63) is 22.4 Å². The van der Waals surface area contributed by atoms with Crippen LogP contribution in [0, 0.1) is 0 Å². The number of thiophene rings is 1. The molecule has 1 atom stereocenters. The van der Waals surface area contributed by atoms with Crippen molar-refractivity contribution in [2.75, 3.05) is 33.2 Å². The molecule has 1 aromatic heterocycles. The molecule has 4 nitrogen and oxygen atoms in total. The van der Waals surface area contributed by atoms with Crippen molar-refractivity contribution in [2.45, 2.75) is 37.8 Å². The van der Waals surface area contributed by atoms with Crippen LogP contribution in [0.25, 0.3) is 0 Å². The molecule has 1 N–H and O–H groups in total. The van der Waals surface area contributed by atoms with E-state index in [1.165, 1.54) is 38.9 Å². The molecule has 0 spiro atoms. The highest BCUT2D eigenvalue weighted by Crippen LogP contribution is 2.20. The zero-order valence-electron chi connectivity index (χ0n) is 12.8. The molecule has 5 heteroatoms. The van der Waals surface area contributed by atoms with E-state index in [0.717, 1.165) is 18.5 Å². The lowest BCUT2D eigenvalue weighted by molar-refractivity contribution is 0.0766. The lowest BCUT2D eigenvalue weighted by Crippen LogP contribution is -2.53. The van der Waals surface area contributed by atoms with Crippen LogP contribution in [0.2, 0.25) is 0 Å². The normalized spacial score (nSPS) is 25.9. The van der Waals surface area contributed by atoms with Gasteiger partial charge in [0.1, 0.15) is 0 Å². The third-order valence-corrected chi connectivity index (χ3v) is 5.46. The molecule has 2 aliphatic rings. The van der Waals surface area contributed by atoms with Gasteiger partial charge in [0.2, 0.25) is 0 Å². The lowest BCUT2D eigenvalue weighted by atomic mass is 9.98. The van der Waals surface area contributed by atoms with E-state index in [1.54, 1.807) is 11.3 Å². The summed E-state index contributed by atoms with van der Waals surface area (Å²) in [5.74, 6) is 0.0893. The number of hydrogen-bond acceptors (Lipinski definition) is 4. The average Bonchev–Trinajstić information content (AvgIpc) is 3.02. The number of nitrogens with zero attached hydrogens (tertiary/aromatic N) is 2. The fraction of sp³-hybridized carbons (Fsp3) is 0.688. The Morgan fingerprint density at radius 1 is 1.29 bits per heavy atom. The minimum Gasteiger partial charge on any atom is -0.348 e. The van der Waals surface area contributed by atoms with Gasteiger partial charge in [0, 0.05) is 29.6 Å². The molecule has 2 saturated heterocycles. The highest BCUT2D eigenvalue weighted by molar-refractivity contribution is 7.08. The fourth-order valence-corrected chi connectivity index (χ4v) is 4.11. The summed E-state index contributed by atoms with van der Waals surface area (Å²) in [6.07, 6.45) is 4.84. The molecule has 1 amide bonds. The molecule has 2 aliphatic heterocycles. The van der Waals surface area contributed by atoms with Crippen molar-refractivity contribution in [3.63, 3.8) is 0 Å². The van der Waals surface area contributed by atoms with Crippen molar-refractivity contribution in [2.24, 2.45) is 0 Å². The predicted octanol–water partition coefficient (Wildman–Crippen LogP) is 2.04. The molecule has 21 heavy (non-hydrogen) atoms. The first-order valence-corrected chi connectivity index (χ1v) is 8.92. The molecule has 116 valence electrons. The summed E-state index contributed by atoms with van der Waals surface area (Å²) in [5, 5.41) is 7.10. The molecule has 1 unspecified atom stereocenters. The number of hydrogen-bond donors (Lipinski definition) is 1. The standard InChI is InChI=1S/C16H25N3OS/c1-18-8-4-15(5-9-18)19-7-2-3-14(11-19)17-16(20)13-6-10-21-12-13/h6,10,12,14-15H,2-5,7-9,11H2,1H3,(H,17,20).